The predicted molar refractivity (Wildman–Crippen MR) is 82.4 cm³/mol. The number of benzene rings is 1. The molecule has 2 heteroatoms. The highest BCUT2D eigenvalue weighted by molar-refractivity contribution is 5.30. The molecule has 0 spiro atoms. The Morgan fingerprint density at radius 3 is 2.35 bits per heavy atom. The lowest BCUT2D eigenvalue weighted by atomic mass is 9.98. The van der Waals surface area contributed by atoms with Crippen LogP contribution in [0.3, 0.4) is 0 Å². The van der Waals surface area contributed by atoms with Crippen LogP contribution in [0.2, 0.25) is 0 Å². The monoisotopic (exact) mass is 266 g/mol. The Labute approximate surface area is 121 Å². The molecule has 0 saturated heterocycles. The van der Waals surface area contributed by atoms with E-state index in [0.29, 0.717) is 0 Å². The first kappa shape index (κ1) is 13.3. The van der Waals surface area contributed by atoms with E-state index in [1.807, 2.05) is 12.4 Å². The van der Waals surface area contributed by atoms with Gasteiger partial charge in [-0.15, -0.1) is 0 Å². The van der Waals surface area contributed by atoms with Crippen LogP contribution in [0.5, 0.6) is 0 Å². The zero-order chi connectivity index (χ0) is 13.8. The lowest BCUT2D eigenvalue weighted by Gasteiger charge is -2.22. The average molecular weight is 266 g/mol. The van der Waals surface area contributed by atoms with Crippen molar-refractivity contribution in [1.29, 1.82) is 0 Å². The smallest absolute Gasteiger partial charge is 0.0577 e. The summed E-state index contributed by atoms with van der Waals surface area (Å²) in [5.41, 5.74) is 2.61. The fraction of sp³-hybridized carbons (Fsp3) is 0.389. The molecular weight excluding hydrogens is 244 g/mol. The molecule has 2 nitrogen and oxygen atoms in total. The Hall–Kier alpha value is -1.67. The Bertz CT molecular complexity index is 480. The molecule has 20 heavy (non-hydrogen) atoms. The fourth-order valence-corrected chi connectivity index (χ4v) is 2.77. The summed E-state index contributed by atoms with van der Waals surface area (Å²) in [5, 5.41) is 3.75. The van der Waals surface area contributed by atoms with E-state index in [0.717, 1.165) is 18.4 Å². The van der Waals surface area contributed by atoms with Crippen LogP contribution in [0.15, 0.2) is 54.9 Å². The van der Waals surface area contributed by atoms with E-state index in [1.54, 1.807) is 0 Å². The van der Waals surface area contributed by atoms with Gasteiger partial charge in [0, 0.05) is 12.4 Å². The summed E-state index contributed by atoms with van der Waals surface area (Å²) in [7, 11) is 0. The second kappa shape index (κ2) is 6.19. The first-order valence-electron chi connectivity index (χ1n) is 7.53. The molecule has 0 amide bonds. The summed E-state index contributed by atoms with van der Waals surface area (Å²) < 4.78 is 0. The second-order valence-corrected chi connectivity index (χ2v) is 5.85. The minimum atomic E-state index is 0.264. The summed E-state index contributed by atoms with van der Waals surface area (Å²) in [4.78, 5) is 4.13. The maximum absolute atomic E-state index is 4.13. The maximum atomic E-state index is 4.13. The van der Waals surface area contributed by atoms with E-state index in [1.165, 1.54) is 24.0 Å². The zero-order valence-corrected chi connectivity index (χ0v) is 12.0. The van der Waals surface area contributed by atoms with Gasteiger partial charge in [-0.2, -0.15) is 0 Å². The summed E-state index contributed by atoms with van der Waals surface area (Å²) >= 11 is 0. The van der Waals surface area contributed by atoms with E-state index in [4.69, 9.17) is 0 Å². The summed E-state index contributed by atoms with van der Waals surface area (Å²) in [5.74, 6) is 1.71. The zero-order valence-electron chi connectivity index (χ0n) is 12.0. The van der Waals surface area contributed by atoms with Crippen LogP contribution in [0.4, 0.5) is 0 Å². The summed E-state index contributed by atoms with van der Waals surface area (Å²) in [6.45, 7) is 3.44. The van der Waals surface area contributed by atoms with E-state index in [2.05, 4.69) is 59.7 Å². The molecule has 0 aliphatic heterocycles. The first-order chi connectivity index (χ1) is 9.84. The number of hydrogen-bond donors (Lipinski definition) is 1. The van der Waals surface area contributed by atoms with Crippen molar-refractivity contribution in [2.45, 2.75) is 25.8 Å². The van der Waals surface area contributed by atoms with Crippen molar-refractivity contribution >= 4 is 0 Å². The third kappa shape index (κ3) is 3.26. The van der Waals surface area contributed by atoms with E-state index in [-0.39, 0.29) is 6.04 Å². The van der Waals surface area contributed by atoms with Crippen molar-refractivity contribution in [3.63, 3.8) is 0 Å². The number of nitrogens with one attached hydrogen (secondary N) is 1. The largest absolute Gasteiger partial charge is 0.306 e. The van der Waals surface area contributed by atoms with Crippen molar-refractivity contribution in [3.8, 4) is 0 Å². The molecule has 2 atom stereocenters. The number of aromatic nitrogens is 1. The molecule has 3 rings (SSSR count). The Balaban J connectivity index is 1.76. The number of pyridine rings is 1. The molecule has 1 aromatic heterocycles. The first-order valence-corrected chi connectivity index (χ1v) is 7.53. The topological polar surface area (TPSA) is 24.9 Å². The minimum absolute atomic E-state index is 0.264. The fourth-order valence-electron chi connectivity index (χ4n) is 2.77. The van der Waals surface area contributed by atoms with Gasteiger partial charge in [0.25, 0.3) is 0 Å². The van der Waals surface area contributed by atoms with Crippen LogP contribution in [0, 0.1) is 11.8 Å². The van der Waals surface area contributed by atoms with Crippen LogP contribution in [-0.2, 0) is 0 Å². The van der Waals surface area contributed by atoms with Crippen LogP contribution in [0.25, 0.3) is 0 Å². The summed E-state index contributed by atoms with van der Waals surface area (Å²) in [6.07, 6.45) is 6.57. The van der Waals surface area contributed by atoms with Gasteiger partial charge in [-0.05, 0) is 54.5 Å². The van der Waals surface area contributed by atoms with E-state index in [9.17, 15) is 0 Å². The van der Waals surface area contributed by atoms with Gasteiger partial charge in [-0.3, -0.25) is 4.98 Å². The van der Waals surface area contributed by atoms with E-state index >= 15 is 0 Å². The third-order valence-corrected chi connectivity index (χ3v) is 4.24. The molecular formula is C18H22N2. The molecule has 0 bridgehead atoms. The van der Waals surface area contributed by atoms with Crippen LogP contribution < -0.4 is 5.32 Å². The molecule has 104 valence electrons. The SMILES string of the molecule is CC(CNC(c1ccccc1)c1ccncc1)C1CC1. The standard InChI is InChI=1S/C18H22N2/c1-14(15-7-8-15)13-20-18(16-5-3-2-4-6-16)17-9-11-19-12-10-17/h2-6,9-12,14-15,18,20H,7-8,13H2,1H3. The van der Waals surface area contributed by atoms with Gasteiger partial charge >= 0.3 is 0 Å². The van der Waals surface area contributed by atoms with Gasteiger partial charge in [0.05, 0.1) is 6.04 Å². The Morgan fingerprint density at radius 1 is 1.05 bits per heavy atom. The van der Waals surface area contributed by atoms with Gasteiger partial charge in [0.15, 0.2) is 0 Å². The number of rotatable bonds is 6. The van der Waals surface area contributed by atoms with Gasteiger partial charge in [-0.25, -0.2) is 0 Å². The Morgan fingerprint density at radius 2 is 1.70 bits per heavy atom. The molecule has 1 aliphatic carbocycles. The predicted octanol–water partition coefficient (Wildman–Crippen LogP) is 3.81. The maximum Gasteiger partial charge on any atom is 0.0577 e. The molecule has 1 N–H and O–H groups in total. The van der Waals surface area contributed by atoms with Crippen LogP contribution in [-0.4, -0.2) is 11.5 Å². The third-order valence-electron chi connectivity index (χ3n) is 4.24. The van der Waals surface area contributed by atoms with Crippen molar-refractivity contribution in [2.24, 2.45) is 11.8 Å². The normalized spacial score (nSPS) is 17.6. The molecule has 1 heterocycles. The van der Waals surface area contributed by atoms with Gasteiger partial charge in [0.1, 0.15) is 0 Å². The molecule has 1 aromatic carbocycles. The highest BCUT2D eigenvalue weighted by Crippen LogP contribution is 2.36. The van der Waals surface area contributed by atoms with Gasteiger partial charge < -0.3 is 5.32 Å². The van der Waals surface area contributed by atoms with Crippen molar-refractivity contribution < 1.29 is 0 Å². The van der Waals surface area contributed by atoms with Crippen molar-refractivity contribution in [2.75, 3.05) is 6.54 Å². The molecule has 0 radical (unpaired) electrons. The van der Waals surface area contributed by atoms with Gasteiger partial charge in [-0.1, -0.05) is 37.3 Å². The van der Waals surface area contributed by atoms with Crippen molar-refractivity contribution in [1.82, 2.24) is 10.3 Å². The molecule has 2 unspecified atom stereocenters. The summed E-state index contributed by atoms with van der Waals surface area (Å²) in [6, 6.07) is 15.1. The average Bonchev–Trinajstić information content (AvgIpc) is 3.34. The van der Waals surface area contributed by atoms with E-state index < -0.39 is 0 Å². The highest BCUT2D eigenvalue weighted by Gasteiger charge is 2.28. The van der Waals surface area contributed by atoms with Crippen LogP contribution in [0.1, 0.15) is 36.9 Å². The number of hydrogen-bond acceptors (Lipinski definition) is 2. The van der Waals surface area contributed by atoms with Crippen LogP contribution >= 0.6 is 0 Å². The second-order valence-electron chi connectivity index (χ2n) is 5.85. The molecule has 1 saturated carbocycles. The van der Waals surface area contributed by atoms with Gasteiger partial charge in [0.2, 0.25) is 0 Å². The minimum Gasteiger partial charge on any atom is -0.306 e. The lowest BCUT2D eigenvalue weighted by Crippen LogP contribution is -2.28. The quantitative estimate of drug-likeness (QED) is 0.860. The molecule has 2 aromatic rings. The highest BCUT2D eigenvalue weighted by atomic mass is 14.9. The lowest BCUT2D eigenvalue weighted by molar-refractivity contribution is 0.441. The molecule has 1 fully saturated rings. The molecule has 1 aliphatic rings. The number of nitrogens with zero attached hydrogens (tertiary/aromatic N) is 1. The Kier molecular flexibility index (Phi) is 4.12. The van der Waals surface area contributed by atoms with Crippen molar-refractivity contribution in [3.05, 3.63) is 66.0 Å².